The third-order valence-electron chi connectivity index (χ3n) is 4.92. The maximum Gasteiger partial charge on any atom is 0.0802 e. The van der Waals surface area contributed by atoms with Crippen molar-refractivity contribution in [2.75, 3.05) is 37.6 Å². The van der Waals surface area contributed by atoms with Gasteiger partial charge in [0.2, 0.25) is 0 Å². The number of benzene rings is 2. The SMILES string of the molecule is OCc1ccc(N2CCN(CC[C@H](O)c3ccc(Cl)cc3)CC2)cc1Cl. The lowest BCUT2D eigenvalue weighted by Gasteiger charge is -2.36. The standard InChI is InChI=1S/C20H24Cl2N2O2/c21-17-4-1-15(2-5-17)20(26)7-8-23-9-11-24(12-10-23)18-6-3-16(14-25)19(22)13-18/h1-6,13,20,25-26H,7-12,14H2/t20-/m0/s1. The van der Waals surface area contributed by atoms with E-state index in [2.05, 4.69) is 9.80 Å². The van der Waals surface area contributed by atoms with Gasteiger partial charge in [0, 0.05) is 48.5 Å². The van der Waals surface area contributed by atoms with Crippen molar-refractivity contribution in [2.24, 2.45) is 0 Å². The van der Waals surface area contributed by atoms with E-state index in [0.29, 0.717) is 16.5 Å². The number of anilines is 1. The third-order valence-corrected chi connectivity index (χ3v) is 5.52. The first kappa shape index (κ1) is 19.5. The minimum absolute atomic E-state index is 0.0389. The molecule has 1 saturated heterocycles. The molecule has 1 heterocycles. The predicted molar refractivity (Wildman–Crippen MR) is 107 cm³/mol. The van der Waals surface area contributed by atoms with Gasteiger partial charge in [0.25, 0.3) is 0 Å². The number of hydrogen-bond donors (Lipinski definition) is 2. The zero-order chi connectivity index (χ0) is 18.5. The highest BCUT2D eigenvalue weighted by Crippen LogP contribution is 2.25. The maximum atomic E-state index is 10.3. The summed E-state index contributed by atoms with van der Waals surface area (Å²) in [5, 5.41) is 20.9. The minimum atomic E-state index is -0.463. The fourth-order valence-corrected chi connectivity index (χ4v) is 3.61. The van der Waals surface area contributed by atoms with E-state index < -0.39 is 6.10 Å². The summed E-state index contributed by atoms with van der Waals surface area (Å²) in [4.78, 5) is 4.68. The molecule has 2 aromatic carbocycles. The lowest BCUT2D eigenvalue weighted by molar-refractivity contribution is 0.139. The van der Waals surface area contributed by atoms with Crippen LogP contribution in [0.15, 0.2) is 42.5 Å². The molecule has 2 aromatic rings. The van der Waals surface area contributed by atoms with Gasteiger partial charge in [-0.3, -0.25) is 4.90 Å². The van der Waals surface area contributed by atoms with E-state index >= 15 is 0 Å². The topological polar surface area (TPSA) is 46.9 Å². The Hall–Kier alpha value is -1.30. The molecule has 1 atom stereocenters. The van der Waals surface area contributed by atoms with Gasteiger partial charge in [-0.1, -0.05) is 41.4 Å². The van der Waals surface area contributed by atoms with Crippen LogP contribution in [0.3, 0.4) is 0 Å². The van der Waals surface area contributed by atoms with Crippen LogP contribution in [0.2, 0.25) is 10.0 Å². The number of nitrogens with zero attached hydrogens (tertiary/aromatic N) is 2. The van der Waals surface area contributed by atoms with Crippen LogP contribution in [0, 0.1) is 0 Å². The molecule has 0 saturated carbocycles. The molecule has 0 aliphatic carbocycles. The number of aliphatic hydroxyl groups is 2. The molecule has 1 fully saturated rings. The minimum Gasteiger partial charge on any atom is -0.392 e. The van der Waals surface area contributed by atoms with Crippen molar-refractivity contribution < 1.29 is 10.2 Å². The van der Waals surface area contributed by atoms with Crippen LogP contribution in [-0.4, -0.2) is 47.8 Å². The molecular weight excluding hydrogens is 371 g/mol. The smallest absolute Gasteiger partial charge is 0.0802 e. The fourth-order valence-electron chi connectivity index (χ4n) is 3.25. The van der Waals surface area contributed by atoms with Crippen LogP contribution in [0.5, 0.6) is 0 Å². The van der Waals surface area contributed by atoms with Crippen LogP contribution >= 0.6 is 23.2 Å². The Morgan fingerprint density at radius 1 is 0.962 bits per heavy atom. The highest BCUT2D eigenvalue weighted by Gasteiger charge is 2.19. The van der Waals surface area contributed by atoms with E-state index in [-0.39, 0.29) is 6.61 Å². The molecule has 1 aliphatic rings. The van der Waals surface area contributed by atoms with Crippen LogP contribution in [0.25, 0.3) is 0 Å². The maximum absolute atomic E-state index is 10.3. The molecule has 140 valence electrons. The Bertz CT molecular complexity index is 716. The Kier molecular flexibility index (Phi) is 6.79. The molecule has 0 spiro atoms. The zero-order valence-corrected chi connectivity index (χ0v) is 16.1. The summed E-state index contributed by atoms with van der Waals surface area (Å²) >= 11 is 12.1. The lowest BCUT2D eigenvalue weighted by Crippen LogP contribution is -2.46. The summed E-state index contributed by atoms with van der Waals surface area (Å²) in [5.74, 6) is 0. The van der Waals surface area contributed by atoms with Crippen LogP contribution in [0.4, 0.5) is 5.69 Å². The summed E-state index contributed by atoms with van der Waals surface area (Å²) in [6.45, 7) is 4.57. The number of halogens is 2. The quantitative estimate of drug-likeness (QED) is 0.783. The van der Waals surface area contributed by atoms with Gasteiger partial charge in [-0.25, -0.2) is 0 Å². The summed E-state index contributed by atoms with van der Waals surface area (Å²) in [7, 11) is 0. The molecule has 2 N–H and O–H groups in total. The van der Waals surface area contributed by atoms with E-state index in [1.807, 2.05) is 42.5 Å². The molecule has 26 heavy (non-hydrogen) atoms. The molecule has 0 bridgehead atoms. The van der Waals surface area contributed by atoms with Gasteiger partial charge in [-0.15, -0.1) is 0 Å². The van der Waals surface area contributed by atoms with Gasteiger partial charge in [-0.2, -0.15) is 0 Å². The summed E-state index contributed by atoms with van der Waals surface area (Å²) < 4.78 is 0. The van der Waals surface area contributed by atoms with Gasteiger partial charge in [-0.05, 0) is 41.8 Å². The largest absolute Gasteiger partial charge is 0.392 e. The van der Waals surface area contributed by atoms with Gasteiger partial charge in [0.1, 0.15) is 0 Å². The van der Waals surface area contributed by atoms with E-state index in [1.165, 1.54) is 0 Å². The molecule has 1 aliphatic heterocycles. The highest BCUT2D eigenvalue weighted by molar-refractivity contribution is 6.31. The monoisotopic (exact) mass is 394 g/mol. The van der Waals surface area contributed by atoms with Gasteiger partial charge in [0.05, 0.1) is 12.7 Å². The van der Waals surface area contributed by atoms with E-state index in [1.54, 1.807) is 0 Å². The summed E-state index contributed by atoms with van der Waals surface area (Å²) in [6, 6.07) is 13.2. The molecule has 6 heteroatoms. The molecule has 0 aromatic heterocycles. The Labute approximate surface area is 164 Å². The number of aliphatic hydroxyl groups excluding tert-OH is 2. The van der Waals surface area contributed by atoms with Crippen molar-refractivity contribution in [1.29, 1.82) is 0 Å². The predicted octanol–water partition coefficient (Wildman–Crippen LogP) is 3.73. The Morgan fingerprint density at radius 3 is 2.27 bits per heavy atom. The first-order valence-corrected chi connectivity index (χ1v) is 9.62. The third kappa shape index (κ3) is 4.90. The van der Waals surface area contributed by atoms with Gasteiger partial charge in [0.15, 0.2) is 0 Å². The zero-order valence-electron chi connectivity index (χ0n) is 14.6. The Morgan fingerprint density at radius 2 is 1.65 bits per heavy atom. The van der Waals surface area contributed by atoms with Crippen molar-refractivity contribution in [1.82, 2.24) is 4.90 Å². The van der Waals surface area contributed by atoms with Crippen molar-refractivity contribution in [2.45, 2.75) is 19.1 Å². The van der Waals surface area contributed by atoms with Crippen molar-refractivity contribution in [3.05, 3.63) is 63.6 Å². The molecule has 0 radical (unpaired) electrons. The highest BCUT2D eigenvalue weighted by atomic mass is 35.5. The molecule has 0 unspecified atom stereocenters. The number of piperazine rings is 1. The normalized spacial score (nSPS) is 16.7. The second-order valence-corrected chi connectivity index (χ2v) is 7.46. The Balaban J connectivity index is 1.48. The van der Waals surface area contributed by atoms with Crippen molar-refractivity contribution in [3.8, 4) is 0 Å². The van der Waals surface area contributed by atoms with E-state index in [0.717, 1.165) is 49.5 Å². The second-order valence-electron chi connectivity index (χ2n) is 6.62. The molecule has 3 rings (SSSR count). The number of rotatable bonds is 6. The molecular formula is C20H24Cl2N2O2. The number of hydrogen-bond acceptors (Lipinski definition) is 4. The lowest BCUT2D eigenvalue weighted by atomic mass is 10.1. The van der Waals surface area contributed by atoms with Crippen molar-refractivity contribution in [3.63, 3.8) is 0 Å². The van der Waals surface area contributed by atoms with E-state index in [4.69, 9.17) is 23.2 Å². The van der Waals surface area contributed by atoms with Gasteiger partial charge >= 0.3 is 0 Å². The van der Waals surface area contributed by atoms with Crippen LogP contribution < -0.4 is 4.90 Å². The van der Waals surface area contributed by atoms with Gasteiger partial charge < -0.3 is 15.1 Å². The fraction of sp³-hybridized carbons (Fsp3) is 0.400. The first-order chi connectivity index (χ1) is 12.6. The first-order valence-electron chi connectivity index (χ1n) is 8.87. The van der Waals surface area contributed by atoms with E-state index in [9.17, 15) is 10.2 Å². The molecule has 4 nitrogen and oxygen atoms in total. The average Bonchev–Trinajstić information content (AvgIpc) is 2.67. The molecule has 0 amide bonds. The summed E-state index contributed by atoms with van der Waals surface area (Å²) in [6.07, 6.45) is 0.244. The average molecular weight is 395 g/mol. The van der Waals surface area contributed by atoms with Crippen LogP contribution in [-0.2, 0) is 6.61 Å². The van der Waals surface area contributed by atoms with Crippen LogP contribution in [0.1, 0.15) is 23.7 Å². The summed E-state index contributed by atoms with van der Waals surface area (Å²) in [5.41, 5.74) is 2.75. The van der Waals surface area contributed by atoms with Crippen molar-refractivity contribution >= 4 is 28.9 Å². The second kappa shape index (κ2) is 9.07.